The van der Waals surface area contributed by atoms with Crippen molar-refractivity contribution in [3.8, 4) is 0 Å². The predicted octanol–water partition coefficient (Wildman–Crippen LogP) is 4.15. The molecule has 0 spiro atoms. The van der Waals surface area contributed by atoms with E-state index in [1.165, 1.54) is 0 Å². The third-order valence-electron chi connectivity index (χ3n) is 3.09. The molecule has 1 unspecified atom stereocenters. The van der Waals surface area contributed by atoms with Crippen molar-refractivity contribution in [1.29, 1.82) is 0 Å². The summed E-state index contributed by atoms with van der Waals surface area (Å²) in [6.07, 6.45) is 1.83. The Kier molecular flexibility index (Phi) is 9.93. The SMILES string of the molecule is CC(C)CCCOC(=O)C(CC(C)C)NC(=O)OCC(C)(C)C. The van der Waals surface area contributed by atoms with Gasteiger partial charge in [-0.05, 0) is 36.5 Å². The van der Waals surface area contributed by atoms with Crippen molar-refractivity contribution in [2.24, 2.45) is 17.3 Å². The Bertz CT molecular complexity index is 359. The molecule has 0 aliphatic rings. The minimum atomic E-state index is -0.651. The van der Waals surface area contributed by atoms with Crippen LogP contribution in [-0.4, -0.2) is 31.3 Å². The summed E-state index contributed by atoms with van der Waals surface area (Å²) in [5.41, 5.74) is -0.109. The standard InChI is InChI=1S/C18H35NO4/c1-13(2)9-8-10-22-16(20)15(11-14(3)4)19-17(21)23-12-18(5,6)7/h13-15H,8-12H2,1-7H3,(H,19,21). The number of ether oxygens (including phenoxy) is 2. The second-order valence-corrected chi connectivity index (χ2v) is 8.17. The van der Waals surface area contributed by atoms with Crippen molar-refractivity contribution in [3.05, 3.63) is 0 Å². The van der Waals surface area contributed by atoms with Crippen LogP contribution in [0.25, 0.3) is 0 Å². The van der Waals surface area contributed by atoms with Gasteiger partial charge in [-0.15, -0.1) is 0 Å². The predicted molar refractivity (Wildman–Crippen MR) is 92.2 cm³/mol. The molecule has 0 rings (SSSR count). The Hall–Kier alpha value is -1.26. The number of hydrogen-bond donors (Lipinski definition) is 1. The Morgan fingerprint density at radius 2 is 1.61 bits per heavy atom. The molecule has 5 nitrogen and oxygen atoms in total. The van der Waals surface area contributed by atoms with Crippen molar-refractivity contribution < 1.29 is 19.1 Å². The van der Waals surface area contributed by atoms with Gasteiger partial charge < -0.3 is 14.8 Å². The molecule has 0 aromatic rings. The highest BCUT2D eigenvalue weighted by Crippen LogP contribution is 2.13. The van der Waals surface area contributed by atoms with Gasteiger partial charge in [0.25, 0.3) is 0 Å². The van der Waals surface area contributed by atoms with E-state index in [4.69, 9.17) is 9.47 Å². The van der Waals surface area contributed by atoms with Gasteiger partial charge in [0.2, 0.25) is 0 Å². The molecule has 0 aliphatic heterocycles. The zero-order valence-corrected chi connectivity index (χ0v) is 15.9. The Labute approximate surface area is 141 Å². The lowest BCUT2D eigenvalue weighted by Gasteiger charge is -2.22. The second-order valence-electron chi connectivity index (χ2n) is 8.17. The van der Waals surface area contributed by atoms with Gasteiger partial charge >= 0.3 is 12.1 Å². The summed E-state index contributed by atoms with van der Waals surface area (Å²) in [5, 5.41) is 2.63. The molecular formula is C18H35NO4. The molecule has 1 atom stereocenters. The highest BCUT2D eigenvalue weighted by molar-refractivity contribution is 5.81. The summed E-state index contributed by atoms with van der Waals surface area (Å²) in [7, 11) is 0. The second kappa shape index (κ2) is 10.5. The number of nitrogens with one attached hydrogen (secondary N) is 1. The fraction of sp³-hybridized carbons (Fsp3) is 0.889. The Morgan fingerprint density at radius 3 is 2.09 bits per heavy atom. The zero-order valence-electron chi connectivity index (χ0n) is 15.9. The molecule has 0 saturated heterocycles. The molecule has 0 aromatic heterocycles. The zero-order chi connectivity index (χ0) is 18.0. The number of esters is 1. The lowest BCUT2D eigenvalue weighted by molar-refractivity contribution is -0.146. The number of carbonyl (C=O) groups excluding carboxylic acids is 2. The Morgan fingerprint density at radius 1 is 1.00 bits per heavy atom. The maximum atomic E-state index is 12.2. The summed E-state index contributed by atoms with van der Waals surface area (Å²) < 4.78 is 10.5. The van der Waals surface area contributed by atoms with E-state index in [9.17, 15) is 9.59 Å². The average Bonchev–Trinajstić information content (AvgIpc) is 2.39. The molecule has 0 heterocycles. The van der Waals surface area contributed by atoms with Crippen LogP contribution in [0.4, 0.5) is 4.79 Å². The van der Waals surface area contributed by atoms with Gasteiger partial charge in [0, 0.05) is 0 Å². The van der Waals surface area contributed by atoms with E-state index in [-0.39, 0.29) is 17.3 Å². The van der Waals surface area contributed by atoms with Crippen molar-refractivity contribution >= 4 is 12.1 Å². The monoisotopic (exact) mass is 329 g/mol. The summed E-state index contributed by atoms with van der Waals surface area (Å²) >= 11 is 0. The van der Waals surface area contributed by atoms with Crippen LogP contribution in [0, 0.1) is 17.3 Å². The van der Waals surface area contributed by atoms with Gasteiger partial charge in [-0.2, -0.15) is 0 Å². The lowest BCUT2D eigenvalue weighted by atomic mass is 9.99. The van der Waals surface area contributed by atoms with Crippen LogP contribution >= 0.6 is 0 Å². The molecule has 1 amide bonds. The first kappa shape index (κ1) is 21.7. The average molecular weight is 329 g/mol. The highest BCUT2D eigenvalue weighted by Gasteiger charge is 2.24. The third-order valence-corrected chi connectivity index (χ3v) is 3.09. The van der Waals surface area contributed by atoms with Crippen molar-refractivity contribution in [2.75, 3.05) is 13.2 Å². The number of amides is 1. The van der Waals surface area contributed by atoms with Crippen LogP contribution < -0.4 is 5.32 Å². The first-order chi connectivity index (χ1) is 10.5. The van der Waals surface area contributed by atoms with E-state index in [1.54, 1.807) is 0 Å². The van der Waals surface area contributed by atoms with Crippen LogP contribution in [0.1, 0.15) is 67.7 Å². The molecule has 1 N–H and O–H groups in total. The van der Waals surface area contributed by atoms with Crippen molar-refractivity contribution in [2.45, 2.75) is 73.8 Å². The number of alkyl carbamates (subject to hydrolysis) is 1. The van der Waals surface area contributed by atoms with Gasteiger partial charge in [-0.3, -0.25) is 0 Å². The minimum absolute atomic E-state index is 0.109. The molecule has 0 aromatic carbocycles. The van der Waals surface area contributed by atoms with Crippen LogP contribution in [0.5, 0.6) is 0 Å². The summed E-state index contributed by atoms with van der Waals surface area (Å²) in [6.45, 7) is 14.9. The fourth-order valence-electron chi connectivity index (χ4n) is 1.92. The van der Waals surface area contributed by atoms with E-state index in [2.05, 4.69) is 19.2 Å². The van der Waals surface area contributed by atoms with Gasteiger partial charge in [0.05, 0.1) is 13.2 Å². The Balaban J connectivity index is 4.38. The van der Waals surface area contributed by atoms with Gasteiger partial charge in [0.15, 0.2) is 0 Å². The van der Waals surface area contributed by atoms with Crippen molar-refractivity contribution in [1.82, 2.24) is 5.32 Å². The molecule has 0 saturated carbocycles. The summed E-state index contributed by atoms with van der Waals surface area (Å²) in [5.74, 6) is 0.479. The van der Waals surface area contributed by atoms with E-state index in [1.807, 2.05) is 34.6 Å². The van der Waals surface area contributed by atoms with Gasteiger partial charge in [-0.1, -0.05) is 48.5 Å². The molecule has 0 bridgehead atoms. The minimum Gasteiger partial charge on any atom is -0.464 e. The van der Waals surface area contributed by atoms with Crippen LogP contribution in [0.2, 0.25) is 0 Å². The molecule has 5 heteroatoms. The number of carbonyl (C=O) groups is 2. The topological polar surface area (TPSA) is 64.6 Å². The first-order valence-corrected chi connectivity index (χ1v) is 8.61. The lowest BCUT2D eigenvalue weighted by Crippen LogP contribution is -2.43. The van der Waals surface area contributed by atoms with Gasteiger partial charge in [-0.25, -0.2) is 9.59 Å². The van der Waals surface area contributed by atoms with E-state index in [0.29, 0.717) is 25.6 Å². The quantitative estimate of drug-likeness (QED) is 0.510. The number of hydrogen-bond acceptors (Lipinski definition) is 4. The molecule has 0 fully saturated rings. The number of rotatable bonds is 9. The smallest absolute Gasteiger partial charge is 0.407 e. The largest absolute Gasteiger partial charge is 0.464 e. The highest BCUT2D eigenvalue weighted by atomic mass is 16.6. The third kappa shape index (κ3) is 12.9. The van der Waals surface area contributed by atoms with Crippen molar-refractivity contribution in [3.63, 3.8) is 0 Å². The fourth-order valence-corrected chi connectivity index (χ4v) is 1.92. The normalized spacial score (nSPS) is 13.1. The molecule has 0 aliphatic carbocycles. The summed E-state index contributed by atoms with van der Waals surface area (Å²) in [4.78, 5) is 24.0. The maximum Gasteiger partial charge on any atom is 0.407 e. The molecule has 23 heavy (non-hydrogen) atoms. The van der Waals surface area contributed by atoms with Crippen LogP contribution in [0.3, 0.4) is 0 Å². The first-order valence-electron chi connectivity index (χ1n) is 8.61. The van der Waals surface area contributed by atoms with E-state index in [0.717, 1.165) is 12.8 Å². The molecule has 0 radical (unpaired) electrons. The van der Waals surface area contributed by atoms with Gasteiger partial charge in [0.1, 0.15) is 6.04 Å². The molecule has 136 valence electrons. The van der Waals surface area contributed by atoms with E-state index >= 15 is 0 Å². The van der Waals surface area contributed by atoms with Crippen LogP contribution in [0.15, 0.2) is 0 Å². The molecular weight excluding hydrogens is 294 g/mol. The van der Waals surface area contributed by atoms with E-state index < -0.39 is 12.1 Å². The maximum absolute atomic E-state index is 12.2. The summed E-state index contributed by atoms with van der Waals surface area (Å²) in [6, 6.07) is -0.651. The van der Waals surface area contributed by atoms with Crippen LogP contribution in [-0.2, 0) is 14.3 Å².